The summed E-state index contributed by atoms with van der Waals surface area (Å²) < 4.78 is 0. The van der Waals surface area contributed by atoms with Crippen LogP contribution in [0.4, 0.5) is 0 Å². The van der Waals surface area contributed by atoms with E-state index in [2.05, 4.69) is 11.8 Å². The fourth-order valence-corrected chi connectivity index (χ4v) is 6.50. The van der Waals surface area contributed by atoms with Crippen LogP contribution in [0.5, 0.6) is 0 Å². The van der Waals surface area contributed by atoms with E-state index in [0.29, 0.717) is 23.7 Å². The Morgan fingerprint density at radius 1 is 1.33 bits per heavy atom. The Hall–Kier alpha value is -1.33. The van der Waals surface area contributed by atoms with Gasteiger partial charge in [-0.05, 0) is 72.5 Å². The lowest BCUT2D eigenvalue weighted by Gasteiger charge is -2.67. The van der Waals surface area contributed by atoms with E-state index >= 15 is 0 Å². The molecule has 7 unspecified atom stereocenters. The molecule has 5 rings (SSSR count). The third kappa shape index (κ3) is 1.32. The summed E-state index contributed by atoms with van der Waals surface area (Å²) in [5.74, 6) is 9.06. The molecule has 1 spiro atoms. The molecule has 0 aromatic rings. The molecule has 0 aliphatic heterocycles. The average Bonchev–Trinajstić information content (AvgIpc) is 2.81. The van der Waals surface area contributed by atoms with E-state index in [-0.39, 0.29) is 11.7 Å². The molecule has 21 heavy (non-hydrogen) atoms. The first-order valence-corrected chi connectivity index (χ1v) is 8.28. The third-order valence-electron chi connectivity index (χ3n) is 7.28. The molecule has 2 nitrogen and oxygen atoms in total. The van der Waals surface area contributed by atoms with E-state index in [1.54, 1.807) is 6.08 Å². The third-order valence-corrected chi connectivity index (χ3v) is 7.28. The summed E-state index contributed by atoms with van der Waals surface area (Å²) in [4.78, 5) is 12.9. The van der Waals surface area contributed by atoms with Crippen molar-refractivity contribution in [3.8, 4) is 11.8 Å². The van der Waals surface area contributed by atoms with Crippen LogP contribution >= 0.6 is 0 Å². The van der Waals surface area contributed by atoms with E-state index in [0.717, 1.165) is 17.4 Å². The van der Waals surface area contributed by atoms with E-state index in [1.165, 1.54) is 25.7 Å². The second-order valence-corrected chi connectivity index (χ2v) is 7.68. The lowest BCUT2D eigenvalue weighted by Crippen LogP contribution is -2.62. The van der Waals surface area contributed by atoms with Gasteiger partial charge in [0.15, 0.2) is 5.78 Å². The Morgan fingerprint density at radius 3 is 3.00 bits per heavy atom. The van der Waals surface area contributed by atoms with Crippen LogP contribution in [-0.4, -0.2) is 17.0 Å². The highest BCUT2D eigenvalue weighted by Crippen LogP contribution is 2.82. The number of carbonyl (C=O) groups excluding carboxylic acids is 1. The Kier molecular flexibility index (Phi) is 2.27. The van der Waals surface area contributed by atoms with Crippen LogP contribution in [0.1, 0.15) is 32.1 Å². The summed E-state index contributed by atoms with van der Waals surface area (Å²) in [7, 11) is 0. The maximum absolute atomic E-state index is 12.9. The molecular formula is C19H20O2. The average molecular weight is 280 g/mol. The zero-order valence-corrected chi connectivity index (χ0v) is 12.1. The summed E-state index contributed by atoms with van der Waals surface area (Å²) in [5.41, 5.74) is 1.28. The molecule has 2 heteroatoms. The van der Waals surface area contributed by atoms with Crippen molar-refractivity contribution < 1.29 is 9.90 Å². The molecule has 0 amide bonds. The lowest BCUT2D eigenvalue weighted by atomic mass is 9.37. The number of allylic oxidation sites excluding steroid dienone is 2. The number of fused-ring (bicyclic) bond motifs is 1. The smallest absolute Gasteiger partial charge is 0.169 e. The molecule has 0 saturated heterocycles. The minimum atomic E-state index is -0.943. The molecule has 1 N–H and O–H groups in total. The first-order chi connectivity index (χ1) is 10.2. The monoisotopic (exact) mass is 280 g/mol. The fraction of sp³-hybridized carbons (Fsp3) is 0.632. The van der Waals surface area contributed by atoms with Gasteiger partial charge >= 0.3 is 0 Å². The van der Waals surface area contributed by atoms with Gasteiger partial charge in [-0.25, -0.2) is 0 Å². The summed E-state index contributed by atoms with van der Waals surface area (Å²) in [6, 6.07) is 0. The predicted octanol–water partition coefficient (Wildman–Crippen LogP) is 2.49. The van der Waals surface area contributed by atoms with Crippen molar-refractivity contribution in [1.82, 2.24) is 0 Å². The maximum atomic E-state index is 12.9. The van der Waals surface area contributed by atoms with Gasteiger partial charge in [0, 0.05) is 12.3 Å². The summed E-state index contributed by atoms with van der Waals surface area (Å²) in [6.45, 7) is 0. The van der Waals surface area contributed by atoms with Gasteiger partial charge in [0.25, 0.3) is 0 Å². The van der Waals surface area contributed by atoms with Crippen molar-refractivity contribution in [2.45, 2.75) is 38.2 Å². The number of ketones is 1. The molecule has 4 saturated carbocycles. The maximum Gasteiger partial charge on any atom is 0.169 e. The number of aliphatic hydroxyl groups excluding tert-OH is 1. The predicted molar refractivity (Wildman–Crippen MR) is 79.0 cm³/mol. The minimum Gasteiger partial charge on any atom is -0.381 e. The van der Waals surface area contributed by atoms with Crippen molar-refractivity contribution in [2.24, 2.45) is 35.0 Å². The van der Waals surface area contributed by atoms with Crippen LogP contribution in [0.3, 0.4) is 0 Å². The SMILES string of the molecule is O=C(C(O)C1=CCC#CC=C1)C1C2CC3CC4CC1C34C2. The summed E-state index contributed by atoms with van der Waals surface area (Å²) in [5, 5.41) is 10.5. The molecular weight excluding hydrogens is 260 g/mol. The molecule has 4 fully saturated rings. The van der Waals surface area contributed by atoms with Crippen molar-refractivity contribution >= 4 is 5.78 Å². The Morgan fingerprint density at radius 2 is 2.19 bits per heavy atom. The van der Waals surface area contributed by atoms with Gasteiger partial charge in [-0.15, -0.1) is 0 Å². The quantitative estimate of drug-likeness (QED) is 0.806. The number of carbonyl (C=O) groups is 1. The van der Waals surface area contributed by atoms with Crippen molar-refractivity contribution in [3.63, 3.8) is 0 Å². The summed E-state index contributed by atoms with van der Waals surface area (Å²) in [6.07, 6.45) is 10.3. The number of hydrogen-bond donors (Lipinski definition) is 1. The van der Waals surface area contributed by atoms with Gasteiger partial charge in [0.2, 0.25) is 0 Å². The highest BCUT2D eigenvalue weighted by atomic mass is 16.3. The Bertz CT molecular complexity index is 646. The molecule has 0 heterocycles. The lowest BCUT2D eigenvalue weighted by molar-refractivity contribution is -0.195. The first-order valence-electron chi connectivity index (χ1n) is 8.28. The van der Waals surface area contributed by atoms with Crippen LogP contribution in [0.25, 0.3) is 0 Å². The van der Waals surface area contributed by atoms with Crippen LogP contribution in [0, 0.1) is 46.8 Å². The van der Waals surface area contributed by atoms with Crippen LogP contribution < -0.4 is 0 Å². The molecule has 5 aliphatic rings. The first kappa shape index (κ1) is 12.2. The van der Waals surface area contributed by atoms with Gasteiger partial charge in [-0.1, -0.05) is 17.9 Å². The zero-order chi connectivity index (χ0) is 14.2. The number of rotatable bonds is 3. The van der Waals surface area contributed by atoms with Crippen molar-refractivity contribution in [2.75, 3.05) is 0 Å². The second-order valence-electron chi connectivity index (χ2n) is 7.68. The van der Waals surface area contributed by atoms with Crippen molar-refractivity contribution in [3.05, 3.63) is 23.8 Å². The van der Waals surface area contributed by atoms with E-state index in [1.807, 2.05) is 12.2 Å². The molecule has 108 valence electrons. The number of hydrogen-bond acceptors (Lipinski definition) is 2. The zero-order valence-electron chi connectivity index (χ0n) is 12.1. The second kappa shape index (κ2) is 3.90. The largest absolute Gasteiger partial charge is 0.381 e. The highest BCUT2D eigenvalue weighted by Gasteiger charge is 2.77. The van der Waals surface area contributed by atoms with E-state index < -0.39 is 6.10 Å². The Labute approximate surface area is 125 Å². The number of aliphatic hydroxyl groups is 1. The molecule has 0 aromatic heterocycles. The number of Topliss-reactive ketones (excluding diaryl/α,β-unsaturated/α-hetero) is 1. The van der Waals surface area contributed by atoms with Crippen LogP contribution in [0.15, 0.2) is 23.8 Å². The van der Waals surface area contributed by atoms with Crippen LogP contribution in [0.2, 0.25) is 0 Å². The van der Waals surface area contributed by atoms with Gasteiger partial charge in [-0.3, -0.25) is 4.79 Å². The topological polar surface area (TPSA) is 37.3 Å². The van der Waals surface area contributed by atoms with E-state index in [9.17, 15) is 9.90 Å². The van der Waals surface area contributed by atoms with Gasteiger partial charge in [0.05, 0.1) is 0 Å². The van der Waals surface area contributed by atoms with Gasteiger partial charge in [0.1, 0.15) is 6.10 Å². The van der Waals surface area contributed by atoms with Crippen LogP contribution in [-0.2, 0) is 4.79 Å². The minimum absolute atomic E-state index is 0.0866. The van der Waals surface area contributed by atoms with Crippen molar-refractivity contribution in [1.29, 1.82) is 0 Å². The fourth-order valence-electron chi connectivity index (χ4n) is 6.50. The Balaban J connectivity index is 1.39. The molecule has 0 radical (unpaired) electrons. The van der Waals surface area contributed by atoms with Gasteiger partial charge < -0.3 is 5.11 Å². The molecule has 0 aromatic carbocycles. The standard InChI is InChI=1S/C19H20O2/c20-17(11-5-3-1-2-4-6-11)18(21)16-12-7-13-8-14-9-15(16)19(13,14)10-12/h3,5-6,12-17,20H,4,7-10H2. The molecule has 5 aliphatic carbocycles. The van der Waals surface area contributed by atoms with E-state index in [4.69, 9.17) is 0 Å². The van der Waals surface area contributed by atoms with Gasteiger partial charge in [-0.2, -0.15) is 0 Å². The highest BCUT2D eigenvalue weighted by molar-refractivity contribution is 5.90. The normalized spacial score (nSPS) is 49.0. The molecule has 7 atom stereocenters. The molecule has 2 bridgehead atoms. The summed E-state index contributed by atoms with van der Waals surface area (Å²) >= 11 is 0.